The maximum Gasteiger partial charge on any atom is 0.266 e. The van der Waals surface area contributed by atoms with Gasteiger partial charge in [0.1, 0.15) is 0 Å². The molecule has 0 aromatic heterocycles. The van der Waals surface area contributed by atoms with E-state index in [0.717, 1.165) is 76.6 Å². The molecule has 12 aromatic carbocycles. The van der Waals surface area contributed by atoms with E-state index in [2.05, 4.69) is 60.7 Å². The van der Waals surface area contributed by atoms with E-state index in [-0.39, 0.29) is 22.3 Å². The Morgan fingerprint density at radius 3 is 0.690 bits per heavy atom. The van der Waals surface area contributed by atoms with Crippen molar-refractivity contribution in [1.29, 1.82) is 10.5 Å². The fourth-order valence-corrected chi connectivity index (χ4v) is 13.2. The number of rotatable bonds is 12. The van der Waals surface area contributed by atoms with Crippen LogP contribution in [0.4, 0.5) is 11.4 Å². The monoisotopic (exact) mass is 1130 g/mol. The quantitative estimate of drug-likeness (QED) is 0.112. The smallest absolute Gasteiger partial charge is 0.266 e. The molecule has 0 aliphatic carbocycles. The highest BCUT2D eigenvalue weighted by atomic mass is 32.2. The Morgan fingerprint density at radius 1 is 0.241 bits per heavy atom. The Hall–Kier alpha value is -11.8. The van der Waals surface area contributed by atoms with Gasteiger partial charge in [0.2, 0.25) is 0 Å². The van der Waals surface area contributed by atoms with E-state index in [1.165, 1.54) is 9.80 Å². The van der Waals surface area contributed by atoms with Crippen LogP contribution in [0.5, 0.6) is 0 Å². The lowest BCUT2D eigenvalue weighted by Gasteiger charge is -2.24. The summed E-state index contributed by atoms with van der Waals surface area (Å²) in [7, 11) is 0. The van der Waals surface area contributed by atoms with Gasteiger partial charge in [-0.2, -0.15) is 10.5 Å². The first-order chi connectivity index (χ1) is 42.8. The summed E-state index contributed by atoms with van der Waals surface area (Å²) in [5, 5.41) is 19.9. The summed E-state index contributed by atoms with van der Waals surface area (Å²) in [6.07, 6.45) is 0. The van der Waals surface area contributed by atoms with E-state index in [0.29, 0.717) is 44.8 Å². The van der Waals surface area contributed by atoms with E-state index < -0.39 is 23.6 Å². The third-order valence-corrected chi connectivity index (χ3v) is 17.0. The van der Waals surface area contributed by atoms with E-state index in [9.17, 15) is 10.5 Å². The van der Waals surface area contributed by atoms with Crippen LogP contribution in [0.3, 0.4) is 0 Å². The molecule has 0 fully saturated rings. The van der Waals surface area contributed by atoms with Crippen molar-refractivity contribution in [2.45, 2.75) is 9.79 Å². The minimum Gasteiger partial charge on any atom is -0.268 e. The molecule has 408 valence electrons. The fraction of sp³-hybridized carbons (Fsp3) is 0. The molecule has 9 heteroatoms. The molecule has 0 unspecified atom stereocenters. The molecule has 4 amide bonds. The molecule has 0 bridgehead atoms. The molecule has 2 aliphatic heterocycles. The lowest BCUT2D eigenvalue weighted by atomic mass is 9.77. The van der Waals surface area contributed by atoms with Crippen molar-refractivity contribution >= 4 is 46.8 Å². The summed E-state index contributed by atoms with van der Waals surface area (Å²) in [5.74, 6) is -1.91. The van der Waals surface area contributed by atoms with E-state index in [1.54, 1.807) is 60.3 Å². The van der Waals surface area contributed by atoms with Crippen molar-refractivity contribution in [3.63, 3.8) is 0 Å². The minimum absolute atomic E-state index is 0.282. The van der Waals surface area contributed by atoms with Crippen molar-refractivity contribution < 1.29 is 19.2 Å². The van der Waals surface area contributed by atoms with Gasteiger partial charge in [-0.25, -0.2) is 9.80 Å². The first-order valence-corrected chi connectivity index (χ1v) is 29.1. The molecule has 87 heavy (non-hydrogen) atoms. The van der Waals surface area contributed by atoms with E-state index in [4.69, 9.17) is 0 Å². The number of carbonyl (C=O) groups is 4. The molecule has 8 nitrogen and oxygen atoms in total. The van der Waals surface area contributed by atoms with Gasteiger partial charge >= 0.3 is 0 Å². The fourth-order valence-electron chi connectivity index (χ4n) is 12.3. The number of nitrogens with zero attached hydrogens (tertiary/aromatic N) is 4. The van der Waals surface area contributed by atoms with Gasteiger partial charge in [-0.05, 0) is 127 Å². The summed E-state index contributed by atoms with van der Waals surface area (Å²) in [6, 6.07) is 93.1. The second kappa shape index (κ2) is 22.4. The molecule has 0 atom stereocenters. The van der Waals surface area contributed by atoms with Gasteiger partial charge in [-0.1, -0.05) is 230 Å². The first-order valence-electron chi connectivity index (χ1n) is 28.3. The van der Waals surface area contributed by atoms with Gasteiger partial charge < -0.3 is 0 Å². The van der Waals surface area contributed by atoms with Gasteiger partial charge in [0.15, 0.2) is 0 Å². The van der Waals surface area contributed by atoms with Gasteiger partial charge in [-0.15, -0.1) is 0 Å². The lowest BCUT2D eigenvalue weighted by Crippen LogP contribution is -2.29. The number of imide groups is 2. The topological polar surface area (TPSA) is 122 Å². The standard InChI is InChI=1S/C78H46N4O4S/c79-47-49-21-19-35-59(45-49)81-75(83)71-67(53-27-11-3-12-28-53)63(51-23-7-1-8-24-51)65(69(73(71)77(81)85)55-31-15-5-16-32-55)57-37-41-61(42-38-57)87-62-43-39-58(40-44-62)66-64(52-25-9-2-10-26-52)68(54-29-13-4-14-30-54)72-74(70(66)56-33-17-6-18-34-56)78(86)82(76(72)84)60-36-20-22-50(46-60)48-80/h1-46H. The zero-order valence-electron chi connectivity index (χ0n) is 46.4. The molecule has 12 aromatic rings. The highest BCUT2D eigenvalue weighted by Crippen LogP contribution is 2.55. The summed E-state index contributed by atoms with van der Waals surface area (Å²) >= 11 is 1.58. The number of anilines is 2. The number of hydrogen-bond acceptors (Lipinski definition) is 7. The van der Waals surface area contributed by atoms with Gasteiger partial charge in [0.25, 0.3) is 23.6 Å². The summed E-state index contributed by atoms with van der Waals surface area (Å²) in [6.45, 7) is 0. The number of hydrogen-bond donors (Lipinski definition) is 0. The average Bonchev–Trinajstić information content (AvgIpc) is 1.78. The van der Waals surface area contributed by atoms with Crippen molar-refractivity contribution in [1.82, 2.24) is 0 Å². The molecule has 0 spiro atoms. The normalized spacial score (nSPS) is 12.4. The Balaban J connectivity index is 0.928. The predicted octanol–water partition coefficient (Wildman–Crippen LogP) is 18.5. The maximum atomic E-state index is 15.4. The van der Waals surface area contributed by atoms with Gasteiger partial charge in [-0.3, -0.25) is 19.2 Å². The SMILES string of the molecule is N#Cc1cccc(N2C(=O)c3c(c(-c4ccccc4)c(-c4ccc(Sc5ccc(-c6c(-c7ccccc7)c7c(c(-c8ccccc8)c6-c6ccccc6)C(=O)N(c6cccc(C#N)c6)C7=O)cc5)cc4)c(-c4ccccc4)c3-c3ccccc3)C2=O)c1. The zero-order chi connectivity index (χ0) is 59.1. The van der Waals surface area contributed by atoms with Crippen molar-refractivity contribution in [2.75, 3.05) is 9.80 Å². The van der Waals surface area contributed by atoms with Crippen LogP contribution >= 0.6 is 11.8 Å². The Bertz CT molecular complexity index is 4520. The number of nitriles is 2. The minimum atomic E-state index is -0.482. The van der Waals surface area contributed by atoms with Crippen LogP contribution in [0.2, 0.25) is 0 Å². The molecule has 14 rings (SSSR count). The van der Waals surface area contributed by atoms with Crippen molar-refractivity contribution in [2.24, 2.45) is 0 Å². The van der Waals surface area contributed by atoms with Crippen LogP contribution in [-0.2, 0) is 0 Å². The van der Waals surface area contributed by atoms with Crippen LogP contribution in [0, 0.1) is 22.7 Å². The summed E-state index contributed by atoms with van der Waals surface area (Å²) < 4.78 is 0. The van der Waals surface area contributed by atoms with Crippen LogP contribution in [-0.4, -0.2) is 23.6 Å². The second-order valence-electron chi connectivity index (χ2n) is 21.1. The number of carbonyl (C=O) groups excluding carboxylic acids is 4. The largest absolute Gasteiger partial charge is 0.268 e. The molecule has 0 saturated heterocycles. The van der Waals surface area contributed by atoms with Gasteiger partial charge in [0, 0.05) is 32.0 Å². The third-order valence-electron chi connectivity index (χ3n) is 16.0. The highest BCUT2D eigenvalue weighted by molar-refractivity contribution is 7.99. The van der Waals surface area contributed by atoms with Crippen molar-refractivity contribution in [3.8, 4) is 101 Å². The Kier molecular flexibility index (Phi) is 13.7. The Morgan fingerprint density at radius 2 is 0.460 bits per heavy atom. The zero-order valence-corrected chi connectivity index (χ0v) is 47.2. The van der Waals surface area contributed by atoms with Gasteiger partial charge in [0.05, 0.1) is 56.9 Å². The van der Waals surface area contributed by atoms with E-state index in [1.807, 2.05) is 182 Å². The maximum absolute atomic E-state index is 15.4. The number of fused-ring (bicyclic) bond motifs is 2. The molecule has 2 aliphatic rings. The predicted molar refractivity (Wildman–Crippen MR) is 345 cm³/mol. The first kappa shape index (κ1) is 53.3. The third kappa shape index (κ3) is 9.29. The molecule has 0 saturated carbocycles. The highest BCUT2D eigenvalue weighted by Gasteiger charge is 2.46. The van der Waals surface area contributed by atoms with Crippen LogP contribution in [0.15, 0.2) is 289 Å². The van der Waals surface area contributed by atoms with Crippen LogP contribution in [0.25, 0.3) is 89.0 Å². The van der Waals surface area contributed by atoms with E-state index >= 15 is 19.2 Å². The summed E-state index contributed by atoms with van der Waals surface area (Å²) in [4.78, 5) is 65.7. The number of amides is 4. The second-order valence-corrected chi connectivity index (χ2v) is 22.2. The molecular weight excluding hydrogens is 1090 g/mol. The number of benzene rings is 12. The molecular formula is C78H46N4O4S. The van der Waals surface area contributed by atoms with Crippen molar-refractivity contribution in [3.05, 3.63) is 312 Å². The van der Waals surface area contributed by atoms with Crippen LogP contribution < -0.4 is 9.80 Å². The molecule has 0 radical (unpaired) electrons. The summed E-state index contributed by atoms with van der Waals surface area (Å²) in [5.41, 5.74) is 14.5. The lowest BCUT2D eigenvalue weighted by molar-refractivity contribution is 0.0910. The van der Waals surface area contributed by atoms with Crippen LogP contribution in [0.1, 0.15) is 52.6 Å². The molecule has 0 N–H and O–H groups in total. The Labute approximate surface area is 506 Å². The molecule has 2 heterocycles. The average molecular weight is 1140 g/mol.